The van der Waals surface area contributed by atoms with Crippen molar-refractivity contribution in [2.75, 3.05) is 6.54 Å². The lowest BCUT2D eigenvalue weighted by molar-refractivity contribution is -0.137. The standard InChI is InChI=1S/C28H29F3N4O2/c1-27(2)15-22-24(23(36)16-27)25(33-35(22)20-12-10-19(11-13-20)28(29,30)31)21-9-6-14-34(21)26(37)32-17-18-7-4-3-5-8-18/h3-5,7-8,10-13,21H,6,9,14-17H2,1-2H3,(H,32,37)/t21-/m0/s1. The summed E-state index contributed by atoms with van der Waals surface area (Å²) in [7, 11) is 0. The molecule has 2 aliphatic rings. The number of benzene rings is 2. The molecule has 1 aliphatic carbocycles. The van der Waals surface area contributed by atoms with Crippen molar-refractivity contribution in [3.8, 4) is 5.69 Å². The third-order valence-electron chi connectivity index (χ3n) is 7.13. The fourth-order valence-corrected chi connectivity index (χ4v) is 5.39. The van der Waals surface area contributed by atoms with Crippen molar-refractivity contribution in [1.29, 1.82) is 0 Å². The molecule has 1 atom stereocenters. The number of amides is 2. The number of fused-ring (bicyclic) bond motifs is 1. The van der Waals surface area contributed by atoms with Crippen LogP contribution in [0.15, 0.2) is 54.6 Å². The molecule has 5 rings (SSSR count). The molecule has 194 valence electrons. The lowest BCUT2D eigenvalue weighted by Gasteiger charge is -2.30. The van der Waals surface area contributed by atoms with E-state index in [-0.39, 0.29) is 23.3 Å². The number of carbonyl (C=O) groups is 2. The molecule has 0 spiro atoms. The van der Waals surface area contributed by atoms with E-state index in [9.17, 15) is 22.8 Å². The molecule has 0 radical (unpaired) electrons. The molecule has 2 aromatic carbocycles. The summed E-state index contributed by atoms with van der Waals surface area (Å²) in [5.41, 5.74) is 2.10. The molecule has 2 amide bonds. The van der Waals surface area contributed by atoms with Crippen LogP contribution in [0.4, 0.5) is 18.0 Å². The van der Waals surface area contributed by atoms with E-state index < -0.39 is 11.7 Å². The second-order valence-electron chi connectivity index (χ2n) is 10.6. The Balaban J connectivity index is 1.50. The summed E-state index contributed by atoms with van der Waals surface area (Å²) >= 11 is 0. The van der Waals surface area contributed by atoms with Crippen LogP contribution in [0.3, 0.4) is 0 Å². The van der Waals surface area contributed by atoms with Gasteiger partial charge in [-0.05, 0) is 54.5 Å². The molecule has 1 aliphatic heterocycles. The summed E-state index contributed by atoms with van der Waals surface area (Å²) in [5, 5.41) is 7.76. The van der Waals surface area contributed by atoms with Gasteiger partial charge in [0.05, 0.1) is 34.2 Å². The van der Waals surface area contributed by atoms with Crippen LogP contribution in [-0.2, 0) is 19.1 Å². The van der Waals surface area contributed by atoms with Crippen LogP contribution in [0.25, 0.3) is 5.69 Å². The predicted molar refractivity (Wildman–Crippen MR) is 132 cm³/mol. The zero-order chi connectivity index (χ0) is 26.4. The predicted octanol–water partition coefficient (Wildman–Crippen LogP) is 6.09. The van der Waals surface area contributed by atoms with Crippen molar-refractivity contribution in [1.82, 2.24) is 20.0 Å². The Morgan fingerprint density at radius 3 is 2.46 bits per heavy atom. The number of ketones is 1. The third-order valence-corrected chi connectivity index (χ3v) is 7.13. The summed E-state index contributed by atoms with van der Waals surface area (Å²) in [5.74, 6) is -0.0454. The summed E-state index contributed by atoms with van der Waals surface area (Å²) < 4.78 is 41.0. The number of nitrogens with zero attached hydrogens (tertiary/aromatic N) is 3. The van der Waals surface area contributed by atoms with E-state index in [4.69, 9.17) is 5.10 Å². The van der Waals surface area contributed by atoms with Gasteiger partial charge in [0.25, 0.3) is 0 Å². The molecule has 1 aromatic heterocycles. The Hall–Kier alpha value is -3.62. The molecule has 2 heterocycles. The van der Waals surface area contributed by atoms with Crippen molar-refractivity contribution in [2.45, 2.75) is 58.3 Å². The van der Waals surface area contributed by atoms with Crippen LogP contribution in [0, 0.1) is 5.41 Å². The summed E-state index contributed by atoms with van der Waals surface area (Å²) in [6.45, 7) is 4.91. The van der Waals surface area contributed by atoms with E-state index in [0.29, 0.717) is 55.0 Å². The number of aromatic nitrogens is 2. The Morgan fingerprint density at radius 1 is 1.08 bits per heavy atom. The number of halogens is 3. The fraction of sp³-hybridized carbons (Fsp3) is 0.393. The molecule has 1 fully saturated rings. The number of carbonyl (C=O) groups excluding carboxylic acids is 2. The number of hydrogen-bond donors (Lipinski definition) is 1. The minimum absolute atomic E-state index is 0.0454. The molecular formula is C28H29F3N4O2. The number of urea groups is 1. The van der Waals surface area contributed by atoms with Crippen LogP contribution in [0.1, 0.15) is 72.0 Å². The summed E-state index contributed by atoms with van der Waals surface area (Å²) in [6, 6.07) is 13.8. The number of hydrogen-bond acceptors (Lipinski definition) is 3. The quantitative estimate of drug-likeness (QED) is 0.462. The topological polar surface area (TPSA) is 67.2 Å². The lowest BCUT2D eigenvalue weighted by Crippen LogP contribution is -2.39. The molecule has 3 aromatic rings. The van der Waals surface area contributed by atoms with Crippen molar-refractivity contribution >= 4 is 11.8 Å². The summed E-state index contributed by atoms with van der Waals surface area (Å²) in [6.07, 6.45) is -2.12. The maximum atomic E-state index is 13.4. The minimum Gasteiger partial charge on any atom is -0.334 e. The number of Topliss-reactive ketones (excluding diaryl/α,β-unsaturated/α-hetero) is 1. The number of rotatable bonds is 4. The van der Waals surface area contributed by atoms with Crippen molar-refractivity contribution < 1.29 is 22.8 Å². The van der Waals surface area contributed by atoms with Crippen molar-refractivity contribution in [2.24, 2.45) is 5.41 Å². The Kier molecular flexibility index (Phi) is 6.33. The Labute approximate surface area is 213 Å². The zero-order valence-electron chi connectivity index (χ0n) is 20.8. The first-order valence-corrected chi connectivity index (χ1v) is 12.4. The molecule has 1 N–H and O–H groups in total. The second-order valence-corrected chi connectivity index (χ2v) is 10.6. The van der Waals surface area contributed by atoms with Crippen LogP contribution < -0.4 is 5.32 Å². The van der Waals surface area contributed by atoms with Gasteiger partial charge in [-0.1, -0.05) is 44.2 Å². The van der Waals surface area contributed by atoms with Crippen LogP contribution in [0.5, 0.6) is 0 Å². The van der Waals surface area contributed by atoms with E-state index >= 15 is 0 Å². The van der Waals surface area contributed by atoms with E-state index in [2.05, 4.69) is 5.32 Å². The highest BCUT2D eigenvalue weighted by Crippen LogP contribution is 2.42. The van der Waals surface area contributed by atoms with Gasteiger partial charge in [0.1, 0.15) is 0 Å². The van der Waals surface area contributed by atoms with Crippen LogP contribution in [0.2, 0.25) is 0 Å². The first kappa shape index (κ1) is 25.0. The molecule has 0 saturated carbocycles. The molecular weight excluding hydrogens is 481 g/mol. The maximum absolute atomic E-state index is 13.4. The minimum atomic E-state index is -4.44. The van der Waals surface area contributed by atoms with Gasteiger partial charge in [0, 0.05) is 19.5 Å². The van der Waals surface area contributed by atoms with Gasteiger partial charge in [0.15, 0.2) is 5.78 Å². The maximum Gasteiger partial charge on any atom is 0.416 e. The van der Waals surface area contributed by atoms with Gasteiger partial charge in [-0.3, -0.25) is 4.79 Å². The van der Waals surface area contributed by atoms with Crippen LogP contribution in [-0.4, -0.2) is 33.0 Å². The molecule has 0 unspecified atom stereocenters. The first-order chi connectivity index (χ1) is 17.5. The number of likely N-dealkylation sites (tertiary alicyclic amines) is 1. The van der Waals surface area contributed by atoms with Gasteiger partial charge in [-0.2, -0.15) is 18.3 Å². The zero-order valence-corrected chi connectivity index (χ0v) is 20.8. The van der Waals surface area contributed by atoms with E-state index in [1.165, 1.54) is 12.1 Å². The van der Waals surface area contributed by atoms with Gasteiger partial charge in [0.2, 0.25) is 0 Å². The van der Waals surface area contributed by atoms with Crippen molar-refractivity contribution in [3.05, 3.63) is 82.7 Å². The highest BCUT2D eigenvalue weighted by molar-refractivity contribution is 6.00. The molecule has 37 heavy (non-hydrogen) atoms. The normalized spacial score (nSPS) is 19.1. The van der Waals surface area contributed by atoms with Crippen molar-refractivity contribution in [3.63, 3.8) is 0 Å². The Bertz CT molecular complexity index is 1310. The lowest BCUT2D eigenvalue weighted by atomic mass is 9.75. The molecule has 0 bridgehead atoms. The van der Waals surface area contributed by atoms with E-state index in [0.717, 1.165) is 24.1 Å². The smallest absolute Gasteiger partial charge is 0.334 e. The van der Waals surface area contributed by atoms with E-state index in [1.54, 1.807) is 9.58 Å². The largest absolute Gasteiger partial charge is 0.416 e. The van der Waals surface area contributed by atoms with Gasteiger partial charge in [-0.25, -0.2) is 9.48 Å². The third kappa shape index (κ3) is 4.99. The summed E-state index contributed by atoms with van der Waals surface area (Å²) in [4.78, 5) is 28.2. The number of alkyl halides is 3. The average molecular weight is 511 g/mol. The van der Waals surface area contributed by atoms with Crippen LogP contribution >= 0.6 is 0 Å². The van der Waals surface area contributed by atoms with Gasteiger partial charge >= 0.3 is 12.2 Å². The van der Waals surface area contributed by atoms with Gasteiger partial charge in [-0.15, -0.1) is 0 Å². The highest BCUT2D eigenvalue weighted by Gasteiger charge is 2.41. The molecule has 1 saturated heterocycles. The first-order valence-electron chi connectivity index (χ1n) is 12.4. The monoisotopic (exact) mass is 510 g/mol. The second kappa shape index (κ2) is 9.36. The molecule has 6 nitrogen and oxygen atoms in total. The Morgan fingerprint density at radius 2 is 1.78 bits per heavy atom. The average Bonchev–Trinajstić information content (AvgIpc) is 3.47. The highest BCUT2D eigenvalue weighted by atomic mass is 19.4. The van der Waals surface area contributed by atoms with E-state index in [1.807, 2.05) is 44.2 Å². The van der Waals surface area contributed by atoms with Gasteiger partial charge < -0.3 is 10.2 Å². The fourth-order valence-electron chi connectivity index (χ4n) is 5.39. The SMILES string of the molecule is CC1(C)CC(=O)c2c([C@@H]3CCCN3C(=O)NCc3ccccc3)nn(-c3ccc(C(F)(F)F)cc3)c2C1. The number of nitrogens with one attached hydrogen (secondary N) is 1. The molecule has 9 heteroatoms.